The van der Waals surface area contributed by atoms with Crippen LogP contribution in [0.15, 0.2) is 12.1 Å². The number of aliphatic hydroxyl groups excluding tert-OH is 1. The van der Waals surface area contributed by atoms with E-state index in [1.807, 2.05) is 0 Å². The number of piperidine rings is 2. The van der Waals surface area contributed by atoms with Gasteiger partial charge < -0.3 is 29.9 Å². The van der Waals surface area contributed by atoms with Crippen molar-refractivity contribution in [1.29, 1.82) is 0 Å². The highest BCUT2D eigenvalue weighted by atomic mass is 16.5. The van der Waals surface area contributed by atoms with Crippen molar-refractivity contribution in [3.05, 3.63) is 17.7 Å². The molecule has 3 rings (SSSR count). The van der Waals surface area contributed by atoms with Crippen molar-refractivity contribution in [2.24, 2.45) is 5.41 Å². The van der Waals surface area contributed by atoms with Gasteiger partial charge >= 0.3 is 0 Å². The molecule has 0 aromatic heterocycles. The lowest BCUT2D eigenvalue weighted by atomic mass is 9.71. The monoisotopic (exact) mass is 364 g/mol. The summed E-state index contributed by atoms with van der Waals surface area (Å²) in [6, 6.07) is 2.89. The molecule has 1 aromatic carbocycles. The Bertz CT molecular complexity index is 697. The molecular weight excluding hydrogens is 340 g/mol. The average Bonchev–Trinajstić information content (AvgIpc) is 2.65. The molecule has 0 unspecified atom stereocenters. The molecule has 0 saturated carbocycles. The zero-order valence-electron chi connectivity index (χ0n) is 14.9. The smallest absolute Gasteiger partial charge is 0.254 e. The molecule has 0 bridgehead atoms. The van der Waals surface area contributed by atoms with Gasteiger partial charge in [-0.25, -0.2) is 0 Å². The first kappa shape index (κ1) is 18.3. The molecule has 2 aliphatic rings. The number of methoxy groups -OCH3 is 2. The summed E-state index contributed by atoms with van der Waals surface area (Å²) >= 11 is 0. The van der Waals surface area contributed by atoms with Gasteiger partial charge in [0, 0.05) is 25.2 Å². The van der Waals surface area contributed by atoms with E-state index in [1.165, 1.54) is 26.4 Å². The molecule has 142 valence electrons. The van der Waals surface area contributed by atoms with Crippen molar-refractivity contribution in [3.63, 3.8) is 0 Å². The van der Waals surface area contributed by atoms with Crippen LogP contribution in [-0.4, -0.2) is 66.9 Å². The Hall–Kier alpha value is -2.48. The van der Waals surface area contributed by atoms with E-state index in [9.17, 15) is 19.8 Å². The molecule has 0 radical (unpaired) electrons. The quantitative estimate of drug-likeness (QED) is 0.721. The summed E-state index contributed by atoms with van der Waals surface area (Å²) in [5.74, 6) is -0.408. The van der Waals surface area contributed by atoms with Crippen LogP contribution >= 0.6 is 0 Å². The molecule has 2 aliphatic heterocycles. The summed E-state index contributed by atoms with van der Waals surface area (Å²) in [4.78, 5) is 27.0. The number of phenolic OH excluding ortho intramolecular Hbond substituents is 1. The second kappa shape index (κ2) is 7.03. The van der Waals surface area contributed by atoms with Crippen molar-refractivity contribution in [2.45, 2.75) is 25.4 Å². The zero-order valence-corrected chi connectivity index (χ0v) is 14.9. The number of amides is 2. The van der Waals surface area contributed by atoms with E-state index < -0.39 is 11.5 Å². The molecule has 0 aliphatic carbocycles. The molecule has 2 saturated heterocycles. The van der Waals surface area contributed by atoms with E-state index in [2.05, 4.69) is 5.32 Å². The number of hydrogen-bond donors (Lipinski definition) is 3. The number of phenols is 1. The van der Waals surface area contributed by atoms with Gasteiger partial charge in [0.1, 0.15) is 0 Å². The maximum atomic E-state index is 13.0. The van der Waals surface area contributed by atoms with E-state index in [1.54, 1.807) is 4.90 Å². The fourth-order valence-corrected chi connectivity index (χ4v) is 3.82. The number of hydrogen-bond acceptors (Lipinski definition) is 6. The van der Waals surface area contributed by atoms with Crippen molar-refractivity contribution in [2.75, 3.05) is 33.9 Å². The number of nitrogens with one attached hydrogen (secondary N) is 1. The van der Waals surface area contributed by atoms with Gasteiger partial charge in [0.05, 0.1) is 25.7 Å². The Balaban J connectivity index is 1.89. The number of carbonyl (C=O) groups is 2. The maximum absolute atomic E-state index is 13.0. The molecule has 3 N–H and O–H groups in total. The first-order valence-corrected chi connectivity index (χ1v) is 8.63. The molecule has 2 fully saturated rings. The first-order chi connectivity index (χ1) is 12.4. The SMILES string of the molecule is COc1cc(C(=O)N2CC[C@@H](O)[C@@]3(CCCNC3=O)C2)cc(OC)c1O. The normalized spacial score (nSPS) is 25.7. The van der Waals surface area contributed by atoms with Gasteiger partial charge in [0.25, 0.3) is 5.91 Å². The van der Waals surface area contributed by atoms with E-state index in [4.69, 9.17) is 9.47 Å². The summed E-state index contributed by atoms with van der Waals surface area (Å²) in [6.45, 7) is 1.10. The Morgan fingerprint density at radius 1 is 1.31 bits per heavy atom. The summed E-state index contributed by atoms with van der Waals surface area (Å²) in [6.07, 6.45) is 0.888. The highest BCUT2D eigenvalue weighted by Gasteiger charge is 2.50. The number of aliphatic hydroxyl groups is 1. The second-order valence-corrected chi connectivity index (χ2v) is 6.78. The Morgan fingerprint density at radius 3 is 2.54 bits per heavy atom. The first-order valence-electron chi connectivity index (χ1n) is 8.63. The lowest BCUT2D eigenvalue weighted by Gasteiger charge is -2.46. The number of carbonyl (C=O) groups excluding carboxylic acids is 2. The minimum Gasteiger partial charge on any atom is -0.502 e. The molecule has 8 nitrogen and oxygen atoms in total. The minimum atomic E-state index is -0.961. The third-order valence-electron chi connectivity index (χ3n) is 5.33. The standard InChI is InChI=1S/C18H24N2O6/c1-25-12-8-11(9-13(26-2)15(12)22)16(23)20-7-4-14(21)18(10-20)5-3-6-19-17(18)24/h8-9,14,21-22H,3-7,10H2,1-2H3,(H,19,24)/t14-,18-/m1/s1. The molecule has 26 heavy (non-hydrogen) atoms. The topological polar surface area (TPSA) is 108 Å². The molecule has 1 spiro atoms. The Morgan fingerprint density at radius 2 is 1.96 bits per heavy atom. The van der Waals surface area contributed by atoms with E-state index in [-0.39, 0.29) is 35.6 Å². The van der Waals surface area contributed by atoms with Crippen LogP contribution in [0.1, 0.15) is 29.6 Å². The predicted molar refractivity (Wildman–Crippen MR) is 92.4 cm³/mol. The van der Waals surface area contributed by atoms with Gasteiger partial charge in [-0.05, 0) is 31.4 Å². The molecule has 8 heteroatoms. The Labute approximate surface area is 151 Å². The highest BCUT2D eigenvalue weighted by molar-refractivity contribution is 5.96. The summed E-state index contributed by atoms with van der Waals surface area (Å²) in [5.41, 5.74) is -0.670. The van der Waals surface area contributed by atoms with Crippen LogP contribution in [0, 0.1) is 5.41 Å². The maximum Gasteiger partial charge on any atom is 0.254 e. The number of ether oxygens (including phenoxy) is 2. The van der Waals surface area contributed by atoms with E-state index in [0.717, 1.165) is 6.42 Å². The summed E-state index contributed by atoms with van der Waals surface area (Å²) < 4.78 is 10.2. The van der Waals surface area contributed by atoms with E-state index >= 15 is 0 Å². The third kappa shape index (κ3) is 2.94. The van der Waals surface area contributed by atoms with Crippen molar-refractivity contribution in [3.8, 4) is 17.2 Å². The molecule has 1 aromatic rings. The zero-order chi connectivity index (χ0) is 18.9. The molecular formula is C18H24N2O6. The van der Waals surface area contributed by atoms with Gasteiger partial charge in [-0.1, -0.05) is 0 Å². The summed E-state index contributed by atoms with van der Waals surface area (Å²) in [5, 5.41) is 23.3. The lowest BCUT2D eigenvalue weighted by molar-refractivity contribution is -0.147. The number of rotatable bonds is 3. The number of likely N-dealkylation sites (tertiary alicyclic amines) is 1. The van der Waals surface area contributed by atoms with Gasteiger partial charge in [0.15, 0.2) is 11.5 Å². The molecule has 2 atom stereocenters. The fourth-order valence-electron chi connectivity index (χ4n) is 3.82. The van der Waals surface area contributed by atoms with E-state index in [0.29, 0.717) is 31.5 Å². The molecule has 2 heterocycles. The summed E-state index contributed by atoms with van der Waals surface area (Å²) in [7, 11) is 2.78. The van der Waals surface area contributed by atoms with Crippen LogP contribution in [0.3, 0.4) is 0 Å². The van der Waals surface area contributed by atoms with Crippen LogP contribution in [0.25, 0.3) is 0 Å². The van der Waals surface area contributed by atoms with Crippen LogP contribution < -0.4 is 14.8 Å². The lowest BCUT2D eigenvalue weighted by Crippen LogP contribution is -2.62. The molecule has 2 amide bonds. The van der Waals surface area contributed by atoms with Crippen molar-refractivity contribution >= 4 is 11.8 Å². The van der Waals surface area contributed by atoms with Crippen LogP contribution in [0.2, 0.25) is 0 Å². The van der Waals surface area contributed by atoms with Crippen LogP contribution in [0.4, 0.5) is 0 Å². The van der Waals surface area contributed by atoms with Crippen LogP contribution in [0.5, 0.6) is 17.2 Å². The van der Waals surface area contributed by atoms with Gasteiger partial charge in [-0.3, -0.25) is 9.59 Å². The number of nitrogens with zero attached hydrogens (tertiary/aromatic N) is 1. The third-order valence-corrected chi connectivity index (χ3v) is 5.33. The fraction of sp³-hybridized carbons (Fsp3) is 0.556. The number of benzene rings is 1. The van der Waals surface area contributed by atoms with Gasteiger partial charge in [0.2, 0.25) is 11.7 Å². The largest absolute Gasteiger partial charge is 0.502 e. The van der Waals surface area contributed by atoms with Crippen molar-refractivity contribution in [1.82, 2.24) is 10.2 Å². The Kier molecular flexibility index (Phi) is 4.95. The minimum absolute atomic E-state index is 0.134. The second-order valence-electron chi connectivity index (χ2n) is 6.78. The highest BCUT2D eigenvalue weighted by Crippen LogP contribution is 2.40. The van der Waals surface area contributed by atoms with Crippen molar-refractivity contribution < 1.29 is 29.3 Å². The van der Waals surface area contributed by atoms with Gasteiger partial charge in [-0.2, -0.15) is 0 Å². The van der Waals surface area contributed by atoms with Gasteiger partial charge in [-0.15, -0.1) is 0 Å². The van der Waals surface area contributed by atoms with Crippen LogP contribution in [-0.2, 0) is 4.79 Å². The average molecular weight is 364 g/mol. The number of aromatic hydroxyl groups is 1. The predicted octanol–water partition coefficient (Wildman–Crippen LogP) is 0.513.